The molecule has 118 valence electrons. The first-order valence-corrected chi connectivity index (χ1v) is 7.60. The zero-order valence-electron chi connectivity index (χ0n) is 11.1. The number of rotatable bonds is 5. The summed E-state index contributed by atoms with van der Waals surface area (Å²) >= 11 is 0. The maximum absolute atomic E-state index is 11.9. The zero-order chi connectivity index (χ0) is 16.3. The number of aromatic nitrogens is 1. The van der Waals surface area contributed by atoms with E-state index in [1.54, 1.807) is 0 Å². The van der Waals surface area contributed by atoms with Crippen LogP contribution in [0, 0.1) is 0 Å². The largest absolute Gasteiger partial charge is 0.468 e. The quantitative estimate of drug-likeness (QED) is 0.884. The summed E-state index contributed by atoms with van der Waals surface area (Å²) in [5, 5.41) is 1.04. The summed E-state index contributed by atoms with van der Waals surface area (Å²) in [4.78, 5) is 15.2. The minimum absolute atomic E-state index is 0.148. The molecule has 0 radical (unpaired) electrons. The molecule has 0 aliphatic heterocycles. The number of sulfone groups is 1. The highest BCUT2D eigenvalue weighted by Crippen LogP contribution is 2.18. The van der Waals surface area contributed by atoms with E-state index in [0.29, 0.717) is 0 Å². The van der Waals surface area contributed by atoms with Crippen molar-refractivity contribution in [2.24, 2.45) is 0 Å². The SMILES string of the molecule is C[C@H](C(=O)Nc1ccc(OCC(F)(F)F)nc1)S(C)(=O)=O. The van der Waals surface area contributed by atoms with Gasteiger partial charge in [0.05, 0.1) is 11.9 Å². The highest BCUT2D eigenvalue weighted by Gasteiger charge is 2.28. The Hall–Kier alpha value is -1.84. The van der Waals surface area contributed by atoms with Gasteiger partial charge in [0.1, 0.15) is 5.25 Å². The number of amides is 1. The second kappa shape index (κ2) is 6.29. The molecular weight excluding hydrogens is 313 g/mol. The van der Waals surface area contributed by atoms with E-state index in [9.17, 15) is 26.4 Å². The molecule has 1 rings (SSSR count). The van der Waals surface area contributed by atoms with Crippen molar-refractivity contribution >= 4 is 21.4 Å². The third kappa shape index (κ3) is 5.98. The predicted molar refractivity (Wildman–Crippen MR) is 68.7 cm³/mol. The molecule has 0 bridgehead atoms. The van der Waals surface area contributed by atoms with Gasteiger partial charge in [0.25, 0.3) is 0 Å². The Labute approximate surface area is 119 Å². The van der Waals surface area contributed by atoms with Crippen LogP contribution >= 0.6 is 0 Å². The maximum Gasteiger partial charge on any atom is 0.422 e. The molecule has 0 fully saturated rings. The van der Waals surface area contributed by atoms with Crippen molar-refractivity contribution in [3.05, 3.63) is 18.3 Å². The summed E-state index contributed by atoms with van der Waals surface area (Å²) in [6, 6.07) is 2.39. The van der Waals surface area contributed by atoms with Crippen molar-refractivity contribution in [3.63, 3.8) is 0 Å². The first-order chi connectivity index (χ1) is 9.49. The van der Waals surface area contributed by atoms with E-state index in [1.807, 2.05) is 0 Å². The fourth-order valence-corrected chi connectivity index (χ4v) is 1.58. The van der Waals surface area contributed by atoms with E-state index < -0.39 is 33.8 Å². The normalized spacial score (nSPS) is 13.6. The fraction of sp³-hybridized carbons (Fsp3) is 0.455. The van der Waals surface area contributed by atoms with E-state index in [4.69, 9.17) is 0 Å². The number of hydrogen-bond donors (Lipinski definition) is 1. The highest BCUT2D eigenvalue weighted by molar-refractivity contribution is 7.92. The van der Waals surface area contributed by atoms with Crippen LogP contribution < -0.4 is 10.1 Å². The highest BCUT2D eigenvalue weighted by atomic mass is 32.2. The molecule has 0 spiro atoms. The number of hydrogen-bond acceptors (Lipinski definition) is 5. The minimum atomic E-state index is -4.47. The topological polar surface area (TPSA) is 85.4 Å². The van der Waals surface area contributed by atoms with Gasteiger partial charge in [0.2, 0.25) is 11.8 Å². The van der Waals surface area contributed by atoms with Crippen molar-refractivity contribution in [1.82, 2.24) is 4.98 Å². The van der Waals surface area contributed by atoms with E-state index >= 15 is 0 Å². The molecule has 21 heavy (non-hydrogen) atoms. The van der Waals surface area contributed by atoms with Crippen LogP contribution in [0.5, 0.6) is 5.88 Å². The van der Waals surface area contributed by atoms with Crippen molar-refractivity contribution in [3.8, 4) is 5.88 Å². The number of anilines is 1. The van der Waals surface area contributed by atoms with Gasteiger partial charge in [-0.1, -0.05) is 0 Å². The number of nitrogens with zero attached hydrogens (tertiary/aromatic N) is 1. The molecule has 1 N–H and O–H groups in total. The van der Waals surface area contributed by atoms with E-state index in [2.05, 4.69) is 15.0 Å². The van der Waals surface area contributed by atoms with Crippen LogP contribution in [0.3, 0.4) is 0 Å². The Balaban J connectivity index is 2.65. The average molecular weight is 326 g/mol. The van der Waals surface area contributed by atoms with Gasteiger partial charge >= 0.3 is 6.18 Å². The fourth-order valence-electron chi connectivity index (χ4n) is 1.13. The van der Waals surface area contributed by atoms with Crippen LogP contribution in [0.1, 0.15) is 6.92 Å². The molecule has 0 unspecified atom stereocenters. The molecule has 0 aliphatic rings. The second-order valence-electron chi connectivity index (χ2n) is 4.25. The summed E-state index contributed by atoms with van der Waals surface area (Å²) in [5.41, 5.74) is 0.148. The molecule has 1 amide bonds. The molecule has 1 aromatic heterocycles. The Kier molecular flexibility index (Phi) is 5.15. The predicted octanol–water partition coefficient (Wildman–Crippen LogP) is 1.39. The number of alkyl halides is 3. The van der Waals surface area contributed by atoms with Crippen LogP contribution in [0.4, 0.5) is 18.9 Å². The minimum Gasteiger partial charge on any atom is -0.468 e. The van der Waals surface area contributed by atoms with Crippen LogP contribution in [0.15, 0.2) is 18.3 Å². The Morgan fingerprint density at radius 2 is 2.05 bits per heavy atom. The van der Waals surface area contributed by atoms with Gasteiger partial charge in [-0.2, -0.15) is 13.2 Å². The standard InChI is InChI=1S/C11H13F3N2O4S/c1-7(21(2,18)19)10(17)16-8-3-4-9(15-5-8)20-6-11(12,13)14/h3-5,7H,6H2,1-2H3,(H,16,17)/t7-/m1/s1. The van der Waals surface area contributed by atoms with Crippen LogP contribution in [-0.2, 0) is 14.6 Å². The molecule has 0 aliphatic carbocycles. The van der Waals surface area contributed by atoms with Crippen LogP contribution in [0.2, 0.25) is 0 Å². The first-order valence-electron chi connectivity index (χ1n) is 5.64. The monoisotopic (exact) mass is 326 g/mol. The Bertz CT molecular complexity index is 599. The first kappa shape index (κ1) is 17.2. The molecule has 10 heteroatoms. The summed E-state index contributed by atoms with van der Waals surface area (Å²) in [6.07, 6.45) is -2.48. The Morgan fingerprint density at radius 1 is 1.43 bits per heavy atom. The lowest BCUT2D eigenvalue weighted by molar-refractivity contribution is -0.154. The number of ether oxygens (including phenoxy) is 1. The van der Waals surface area contributed by atoms with Gasteiger partial charge in [-0.05, 0) is 13.0 Å². The summed E-state index contributed by atoms with van der Waals surface area (Å²) < 4.78 is 62.6. The molecule has 0 saturated carbocycles. The summed E-state index contributed by atoms with van der Waals surface area (Å²) in [6.45, 7) is -0.254. The van der Waals surface area contributed by atoms with Crippen molar-refractivity contribution in [1.29, 1.82) is 0 Å². The number of halogens is 3. The van der Waals surface area contributed by atoms with Gasteiger partial charge in [-0.3, -0.25) is 4.79 Å². The molecule has 1 heterocycles. The van der Waals surface area contributed by atoms with Crippen molar-refractivity contribution in [2.75, 3.05) is 18.2 Å². The van der Waals surface area contributed by atoms with Gasteiger partial charge in [0.15, 0.2) is 16.4 Å². The van der Waals surface area contributed by atoms with E-state index in [-0.39, 0.29) is 11.6 Å². The molecule has 1 aromatic rings. The number of carbonyl (C=O) groups is 1. The van der Waals surface area contributed by atoms with Crippen molar-refractivity contribution in [2.45, 2.75) is 18.3 Å². The third-order valence-electron chi connectivity index (χ3n) is 2.40. The molecule has 6 nitrogen and oxygen atoms in total. The molecule has 0 aromatic carbocycles. The van der Waals surface area contributed by atoms with E-state index in [0.717, 1.165) is 18.5 Å². The second-order valence-corrected chi connectivity index (χ2v) is 6.62. The van der Waals surface area contributed by atoms with Gasteiger partial charge in [-0.25, -0.2) is 13.4 Å². The smallest absolute Gasteiger partial charge is 0.422 e. The number of carbonyl (C=O) groups excluding carboxylic acids is 1. The summed E-state index contributed by atoms with van der Waals surface area (Å²) in [5.74, 6) is -1.02. The number of nitrogens with one attached hydrogen (secondary N) is 1. The molecule has 1 atom stereocenters. The van der Waals surface area contributed by atoms with Crippen molar-refractivity contribution < 1.29 is 31.1 Å². The summed E-state index contributed by atoms with van der Waals surface area (Å²) in [7, 11) is -3.54. The maximum atomic E-state index is 11.9. The van der Waals surface area contributed by atoms with Crippen LogP contribution in [0.25, 0.3) is 0 Å². The van der Waals surface area contributed by atoms with Gasteiger partial charge < -0.3 is 10.1 Å². The van der Waals surface area contributed by atoms with E-state index in [1.165, 1.54) is 13.0 Å². The molecule has 0 saturated heterocycles. The zero-order valence-corrected chi connectivity index (χ0v) is 12.0. The lowest BCUT2D eigenvalue weighted by Crippen LogP contribution is -2.31. The lowest BCUT2D eigenvalue weighted by Gasteiger charge is -2.11. The van der Waals surface area contributed by atoms with Gasteiger partial charge in [-0.15, -0.1) is 0 Å². The lowest BCUT2D eigenvalue weighted by atomic mass is 10.3. The Morgan fingerprint density at radius 3 is 2.48 bits per heavy atom. The van der Waals surface area contributed by atoms with Gasteiger partial charge in [0, 0.05) is 12.3 Å². The third-order valence-corrected chi connectivity index (χ3v) is 3.90. The number of pyridine rings is 1. The average Bonchev–Trinajstić information content (AvgIpc) is 2.35. The molecular formula is C11H13F3N2O4S. The van der Waals surface area contributed by atoms with Crippen LogP contribution in [-0.4, -0.2) is 43.6 Å².